The number of aromatic nitrogens is 3. The lowest BCUT2D eigenvalue weighted by molar-refractivity contribution is -0.133. The van der Waals surface area contributed by atoms with E-state index in [1.54, 1.807) is 11.6 Å². The summed E-state index contributed by atoms with van der Waals surface area (Å²) in [7, 11) is 1.78. The van der Waals surface area contributed by atoms with Gasteiger partial charge in [0.25, 0.3) is 0 Å². The van der Waals surface area contributed by atoms with E-state index in [1.165, 1.54) is 4.68 Å². The van der Waals surface area contributed by atoms with E-state index in [-0.39, 0.29) is 17.5 Å². The lowest BCUT2D eigenvalue weighted by Gasteiger charge is -2.31. The van der Waals surface area contributed by atoms with Crippen LogP contribution in [0.4, 0.5) is 0 Å². The number of carbonyl (C=O) groups excluding carboxylic acids is 1. The van der Waals surface area contributed by atoms with Gasteiger partial charge in [-0.25, -0.2) is 9.48 Å². The van der Waals surface area contributed by atoms with Crippen molar-refractivity contribution in [1.82, 2.24) is 19.2 Å². The molecule has 1 aromatic carbocycles. The van der Waals surface area contributed by atoms with Gasteiger partial charge in [-0.1, -0.05) is 23.7 Å². The Morgan fingerprint density at radius 1 is 1.23 bits per heavy atom. The topological polar surface area (TPSA) is 60.1 Å². The summed E-state index contributed by atoms with van der Waals surface area (Å²) >= 11 is 6.03. The minimum Gasteiger partial charge on any atom is -0.342 e. The highest BCUT2D eigenvalue weighted by atomic mass is 35.5. The van der Waals surface area contributed by atoms with Crippen molar-refractivity contribution in [1.29, 1.82) is 0 Å². The van der Waals surface area contributed by atoms with Crippen molar-refractivity contribution in [2.75, 3.05) is 13.1 Å². The molecule has 1 saturated carbocycles. The van der Waals surface area contributed by atoms with Crippen LogP contribution in [0, 0.1) is 5.92 Å². The van der Waals surface area contributed by atoms with Crippen LogP contribution in [0.15, 0.2) is 29.1 Å². The number of amides is 1. The fourth-order valence-electron chi connectivity index (χ4n) is 3.72. The highest BCUT2D eigenvalue weighted by Crippen LogP contribution is 2.33. The number of likely N-dealkylation sites (tertiary alicyclic amines) is 1. The van der Waals surface area contributed by atoms with Gasteiger partial charge in [0, 0.05) is 37.0 Å². The van der Waals surface area contributed by atoms with Crippen molar-refractivity contribution in [2.45, 2.75) is 38.1 Å². The van der Waals surface area contributed by atoms with Gasteiger partial charge in [-0.05, 0) is 43.4 Å². The van der Waals surface area contributed by atoms with Crippen LogP contribution < -0.4 is 5.69 Å². The molecule has 4 rings (SSSR count). The predicted octanol–water partition coefficient (Wildman–Crippen LogP) is 2.40. The molecule has 2 heterocycles. The second-order valence-electron chi connectivity index (χ2n) is 7.36. The van der Waals surface area contributed by atoms with Gasteiger partial charge >= 0.3 is 5.69 Å². The van der Waals surface area contributed by atoms with E-state index >= 15 is 0 Å². The number of halogens is 1. The Balaban J connectivity index is 1.47. The molecule has 1 aromatic heterocycles. The van der Waals surface area contributed by atoms with Crippen LogP contribution >= 0.6 is 11.6 Å². The molecule has 0 N–H and O–H groups in total. The Morgan fingerprint density at radius 3 is 2.62 bits per heavy atom. The molecule has 1 saturated heterocycles. The first-order valence-electron chi connectivity index (χ1n) is 9.20. The minimum absolute atomic E-state index is 0.114. The normalized spacial score (nSPS) is 18.3. The van der Waals surface area contributed by atoms with Crippen LogP contribution in [0.3, 0.4) is 0 Å². The zero-order valence-electron chi connectivity index (χ0n) is 14.9. The molecule has 1 aliphatic carbocycles. The molecule has 0 spiro atoms. The van der Waals surface area contributed by atoms with E-state index in [2.05, 4.69) is 5.10 Å². The molecule has 0 bridgehead atoms. The van der Waals surface area contributed by atoms with Crippen molar-refractivity contribution >= 4 is 17.5 Å². The SMILES string of the molecule is Cn1c(C2CCN(C(=O)C3CC3)CC2)nn(Cc2cccc(Cl)c2)c1=O. The van der Waals surface area contributed by atoms with Gasteiger partial charge in [0.1, 0.15) is 5.82 Å². The van der Waals surface area contributed by atoms with Crippen molar-refractivity contribution in [3.05, 3.63) is 51.2 Å². The number of carbonyl (C=O) groups is 1. The summed E-state index contributed by atoms with van der Waals surface area (Å²) in [5.41, 5.74) is 0.838. The van der Waals surface area contributed by atoms with Gasteiger partial charge in [-0.3, -0.25) is 9.36 Å². The minimum atomic E-state index is -0.114. The molecule has 0 atom stereocenters. The monoisotopic (exact) mass is 374 g/mol. The second kappa shape index (κ2) is 6.91. The van der Waals surface area contributed by atoms with Crippen molar-refractivity contribution in [3.8, 4) is 0 Å². The average Bonchev–Trinajstić information content (AvgIpc) is 3.45. The molecule has 2 aliphatic rings. The summed E-state index contributed by atoms with van der Waals surface area (Å²) in [5, 5.41) is 5.25. The molecule has 6 nitrogen and oxygen atoms in total. The molecular formula is C19H23ClN4O2. The zero-order chi connectivity index (χ0) is 18.3. The third-order valence-electron chi connectivity index (χ3n) is 5.39. The maximum Gasteiger partial charge on any atom is 0.345 e. The summed E-state index contributed by atoms with van der Waals surface area (Å²) in [4.78, 5) is 26.7. The van der Waals surface area contributed by atoms with E-state index in [9.17, 15) is 9.59 Å². The molecule has 2 fully saturated rings. The molecule has 2 aromatic rings. The largest absolute Gasteiger partial charge is 0.345 e. The molecule has 1 amide bonds. The highest BCUT2D eigenvalue weighted by Gasteiger charge is 2.35. The molecule has 1 aliphatic heterocycles. The number of nitrogens with zero attached hydrogens (tertiary/aromatic N) is 4. The van der Waals surface area contributed by atoms with Gasteiger partial charge in [-0.2, -0.15) is 5.10 Å². The Morgan fingerprint density at radius 2 is 1.96 bits per heavy atom. The number of hydrogen-bond acceptors (Lipinski definition) is 3. The van der Waals surface area contributed by atoms with Crippen molar-refractivity contribution in [3.63, 3.8) is 0 Å². The third kappa shape index (κ3) is 3.43. The summed E-state index contributed by atoms with van der Waals surface area (Å²) < 4.78 is 3.15. The standard InChI is InChI=1S/C19H23ClN4O2/c1-22-17(14-7-9-23(10-8-14)18(25)15-5-6-15)21-24(19(22)26)12-13-3-2-4-16(20)11-13/h2-4,11,14-15H,5-10,12H2,1H3. The van der Waals surface area contributed by atoms with E-state index in [1.807, 2.05) is 29.2 Å². The van der Waals surface area contributed by atoms with Crippen LogP contribution in [-0.4, -0.2) is 38.2 Å². The molecule has 7 heteroatoms. The van der Waals surface area contributed by atoms with Gasteiger partial charge in [-0.15, -0.1) is 0 Å². The number of rotatable bonds is 4. The van der Waals surface area contributed by atoms with Gasteiger partial charge in [0.2, 0.25) is 5.91 Å². The molecule has 0 unspecified atom stereocenters. The molecule has 0 radical (unpaired) electrons. The first-order valence-corrected chi connectivity index (χ1v) is 9.57. The maximum atomic E-state index is 12.6. The summed E-state index contributed by atoms with van der Waals surface area (Å²) in [6.45, 7) is 1.93. The number of piperidine rings is 1. The van der Waals surface area contributed by atoms with Crippen molar-refractivity contribution < 1.29 is 4.79 Å². The van der Waals surface area contributed by atoms with Gasteiger partial charge in [0.15, 0.2) is 0 Å². The second-order valence-corrected chi connectivity index (χ2v) is 7.80. The van der Waals surface area contributed by atoms with E-state index < -0.39 is 0 Å². The van der Waals surface area contributed by atoms with Crippen LogP contribution in [-0.2, 0) is 18.4 Å². The molecular weight excluding hydrogens is 352 g/mol. The van der Waals surface area contributed by atoms with Crippen molar-refractivity contribution in [2.24, 2.45) is 13.0 Å². The lowest BCUT2D eigenvalue weighted by Crippen LogP contribution is -2.39. The van der Waals surface area contributed by atoms with E-state index in [4.69, 9.17) is 11.6 Å². The van der Waals surface area contributed by atoms with Gasteiger partial charge < -0.3 is 4.90 Å². The van der Waals surface area contributed by atoms with Crippen LogP contribution in [0.5, 0.6) is 0 Å². The van der Waals surface area contributed by atoms with Gasteiger partial charge in [0.05, 0.1) is 6.54 Å². The van der Waals surface area contributed by atoms with Crippen LogP contribution in [0.2, 0.25) is 5.02 Å². The Labute approximate surface area is 157 Å². The summed E-state index contributed by atoms with van der Waals surface area (Å²) in [6, 6.07) is 7.48. The summed E-state index contributed by atoms with van der Waals surface area (Å²) in [6.07, 6.45) is 3.81. The smallest absolute Gasteiger partial charge is 0.342 e. The van der Waals surface area contributed by atoms with E-state index in [0.29, 0.717) is 17.5 Å². The first-order chi connectivity index (χ1) is 12.5. The van der Waals surface area contributed by atoms with E-state index in [0.717, 1.165) is 50.2 Å². The lowest BCUT2D eigenvalue weighted by atomic mass is 9.95. The quantitative estimate of drug-likeness (QED) is 0.825. The Bertz CT molecular complexity index is 876. The predicted molar refractivity (Wildman–Crippen MR) is 99.3 cm³/mol. The maximum absolute atomic E-state index is 12.6. The summed E-state index contributed by atoms with van der Waals surface area (Å²) in [5.74, 6) is 1.61. The number of hydrogen-bond donors (Lipinski definition) is 0. The average molecular weight is 375 g/mol. The zero-order valence-corrected chi connectivity index (χ0v) is 15.7. The molecule has 138 valence electrons. The Kier molecular flexibility index (Phi) is 4.61. The number of benzene rings is 1. The van der Waals surface area contributed by atoms with Crippen LogP contribution in [0.1, 0.15) is 43.0 Å². The highest BCUT2D eigenvalue weighted by molar-refractivity contribution is 6.30. The third-order valence-corrected chi connectivity index (χ3v) is 5.63. The van der Waals surface area contributed by atoms with Crippen LogP contribution in [0.25, 0.3) is 0 Å². The fourth-order valence-corrected chi connectivity index (χ4v) is 3.93. The Hall–Kier alpha value is -2.08. The fraction of sp³-hybridized carbons (Fsp3) is 0.526. The first kappa shape index (κ1) is 17.3. The molecule has 26 heavy (non-hydrogen) atoms.